The van der Waals surface area contributed by atoms with Gasteiger partial charge in [-0.25, -0.2) is 0 Å². The van der Waals surface area contributed by atoms with Crippen LogP contribution in [0.5, 0.6) is 0 Å². The first-order valence-corrected chi connectivity index (χ1v) is 28.0. The fraction of sp³-hybridized carbons (Fsp3) is 0.661. The Morgan fingerprint density at radius 2 is 0.574 bits per heavy atom. The summed E-state index contributed by atoms with van der Waals surface area (Å²) in [6, 6.07) is 0. The number of carbonyl (C=O) groups excluding carboxylic acids is 3. The highest BCUT2D eigenvalue weighted by Crippen LogP contribution is 2.14. The zero-order chi connectivity index (χ0) is 49.3. The first kappa shape index (κ1) is 64.1. The van der Waals surface area contributed by atoms with Crippen molar-refractivity contribution < 1.29 is 28.6 Å². The molecule has 68 heavy (non-hydrogen) atoms. The number of ether oxygens (including phenoxy) is 3. The van der Waals surface area contributed by atoms with Gasteiger partial charge in [-0.2, -0.15) is 0 Å². The van der Waals surface area contributed by atoms with Crippen LogP contribution in [0, 0.1) is 0 Å². The van der Waals surface area contributed by atoms with Gasteiger partial charge in [0, 0.05) is 19.3 Å². The molecule has 0 saturated heterocycles. The second kappa shape index (κ2) is 55.7. The van der Waals surface area contributed by atoms with Gasteiger partial charge in [0.1, 0.15) is 13.2 Å². The lowest BCUT2D eigenvalue weighted by molar-refractivity contribution is -0.167. The Balaban J connectivity index is 4.47. The van der Waals surface area contributed by atoms with E-state index in [1.54, 1.807) is 0 Å². The van der Waals surface area contributed by atoms with Crippen LogP contribution in [0.2, 0.25) is 0 Å². The summed E-state index contributed by atoms with van der Waals surface area (Å²) in [6.07, 6.45) is 75.0. The second-order valence-electron chi connectivity index (χ2n) is 18.3. The molecule has 386 valence electrons. The van der Waals surface area contributed by atoms with Gasteiger partial charge in [-0.1, -0.05) is 246 Å². The van der Waals surface area contributed by atoms with Gasteiger partial charge in [-0.3, -0.25) is 14.4 Å². The third kappa shape index (κ3) is 53.0. The molecular formula is C62H102O6. The van der Waals surface area contributed by atoms with E-state index in [1.165, 1.54) is 109 Å². The molecule has 0 bridgehead atoms. The zero-order valence-corrected chi connectivity index (χ0v) is 44.1. The summed E-state index contributed by atoms with van der Waals surface area (Å²) in [5, 5.41) is 0. The summed E-state index contributed by atoms with van der Waals surface area (Å²) in [4.78, 5) is 38.1. The number of hydrogen-bond acceptors (Lipinski definition) is 6. The SMILES string of the molecule is CC\C=C/C=C\C=C/C=C\CCCCCC(=O)OCC(COC(=O)CCCCCCCCCCCC/C=C\C=C/CCCCC)OC(=O)CCCCCCC\C=C/C=C\C=C/CCCCCCC. The van der Waals surface area contributed by atoms with Crippen molar-refractivity contribution in [1.29, 1.82) is 0 Å². The van der Waals surface area contributed by atoms with Crippen LogP contribution >= 0.6 is 0 Å². The molecule has 6 heteroatoms. The highest BCUT2D eigenvalue weighted by Gasteiger charge is 2.19. The smallest absolute Gasteiger partial charge is 0.306 e. The van der Waals surface area contributed by atoms with E-state index < -0.39 is 6.10 Å². The normalized spacial score (nSPS) is 12.9. The first-order valence-electron chi connectivity index (χ1n) is 28.0. The van der Waals surface area contributed by atoms with Crippen LogP contribution in [0.1, 0.15) is 245 Å². The molecule has 1 unspecified atom stereocenters. The molecule has 0 N–H and O–H groups in total. The molecule has 0 aromatic heterocycles. The third-order valence-corrected chi connectivity index (χ3v) is 11.7. The lowest BCUT2D eigenvalue weighted by atomic mass is 10.1. The molecule has 0 heterocycles. The van der Waals surface area contributed by atoms with Gasteiger partial charge in [0.2, 0.25) is 0 Å². The Labute approximate surface area is 419 Å². The highest BCUT2D eigenvalue weighted by molar-refractivity contribution is 5.71. The maximum atomic E-state index is 12.8. The van der Waals surface area contributed by atoms with Crippen LogP contribution in [0.15, 0.2) is 109 Å². The van der Waals surface area contributed by atoms with E-state index in [4.69, 9.17) is 14.2 Å². The number of unbranched alkanes of at least 4 members (excludes halogenated alkanes) is 26. The number of esters is 3. The molecule has 0 spiro atoms. The van der Waals surface area contributed by atoms with Crippen LogP contribution in [0.3, 0.4) is 0 Å². The van der Waals surface area contributed by atoms with E-state index in [2.05, 4.69) is 93.7 Å². The van der Waals surface area contributed by atoms with E-state index >= 15 is 0 Å². The molecule has 0 aliphatic carbocycles. The molecule has 0 aromatic carbocycles. The quantitative estimate of drug-likeness (QED) is 0.0262. The predicted molar refractivity (Wildman–Crippen MR) is 293 cm³/mol. The van der Waals surface area contributed by atoms with Crippen LogP contribution in [-0.4, -0.2) is 37.2 Å². The maximum Gasteiger partial charge on any atom is 0.306 e. The predicted octanol–water partition coefficient (Wildman–Crippen LogP) is 18.7. The molecule has 6 nitrogen and oxygen atoms in total. The van der Waals surface area contributed by atoms with Crippen molar-refractivity contribution in [2.24, 2.45) is 0 Å². The van der Waals surface area contributed by atoms with Crippen molar-refractivity contribution in [2.75, 3.05) is 13.2 Å². The Morgan fingerprint density at radius 3 is 0.956 bits per heavy atom. The average molecular weight is 943 g/mol. The Morgan fingerprint density at radius 1 is 0.309 bits per heavy atom. The molecule has 0 aliphatic heterocycles. The lowest BCUT2D eigenvalue weighted by Crippen LogP contribution is -2.30. The van der Waals surface area contributed by atoms with E-state index in [9.17, 15) is 14.4 Å². The molecule has 0 aromatic rings. The van der Waals surface area contributed by atoms with Crippen molar-refractivity contribution in [3.63, 3.8) is 0 Å². The largest absolute Gasteiger partial charge is 0.462 e. The van der Waals surface area contributed by atoms with Gasteiger partial charge in [-0.15, -0.1) is 0 Å². The van der Waals surface area contributed by atoms with Gasteiger partial charge in [0.05, 0.1) is 0 Å². The molecule has 0 aliphatic rings. The second-order valence-corrected chi connectivity index (χ2v) is 18.3. The van der Waals surface area contributed by atoms with Crippen molar-refractivity contribution in [1.82, 2.24) is 0 Å². The fourth-order valence-corrected chi connectivity index (χ4v) is 7.44. The van der Waals surface area contributed by atoms with E-state index in [0.29, 0.717) is 19.3 Å². The maximum absolute atomic E-state index is 12.8. The average Bonchev–Trinajstić information content (AvgIpc) is 3.34. The van der Waals surface area contributed by atoms with Crippen molar-refractivity contribution >= 4 is 17.9 Å². The van der Waals surface area contributed by atoms with Crippen molar-refractivity contribution in [2.45, 2.75) is 252 Å². The van der Waals surface area contributed by atoms with Crippen LogP contribution in [0.4, 0.5) is 0 Å². The molecule has 0 saturated carbocycles. The number of hydrogen-bond donors (Lipinski definition) is 0. The standard InChI is InChI=1S/C62H102O6/c1-4-7-10-13-16-19-22-25-27-29-31-33-34-37-40-43-46-49-52-55-61(64)67-58-59(57-66-60(63)54-51-48-45-42-39-36-24-21-18-15-12-9-6-3)68-62(65)56-53-50-47-44-41-38-35-32-30-28-26-23-20-17-14-11-8-5-2/h9,12,15-16,18-19,21-26,28,30,32,35-36,39,59H,4-8,10-11,13-14,17,20,27,29,31,33-34,37-38,40-58H2,1-3H3/b12-9-,18-15-,19-16-,24-21-,25-22-,26-23-,30-28-,35-32-,39-36-. The topological polar surface area (TPSA) is 78.9 Å². The summed E-state index contributed by atoms with van der Waals surface area (Å²) in [7, 11) is 0. The van der Waals surface area contributed by atoms with Gasteiger partial charge in [0.15, 0.2) is 6.10 Å². The minimum Gasteiger partial charge on any atom is -0.462 e. The third-order valence-electron chi connectivity index (χ3n) is 11.7. The minimum atomic E-state index is -0.809. The van der Waals surface area contributed by atoms with Crippen LogP contribution in [-0.2, 0) is 28.6 Å². The fourth-order valence-electron chi connectivity index (χ4n) is 7.44. The van der Waals surface area contributed by atoms with Gasteiger partial charge < -0.3 is 14.2 Å². The van der Waals surface area contributed by atoms with Gasteiger partial charge in [0.25, 0.3) is 0 Å². The number of rotatable bonds is 49. The number of allylic oxidation sites excluding steroid dienone is 18. The van der Waals surface area contributed by atoms with Crippen molar-refractivity contribution in [3.05, 3.63) is 109 Å². The summed E-state index contributed by atoms with van der Waals surface area (Å²) < 4.78 is 16.8. The summed E-state index contributed by atoms with van der Waals surface area (Å²) in [6.45, 7) is 6.40. The van der Waals surface area contributed by atoms with E-state index in [-0.39, 0.29) is 31.1 Å². The van der Waals surface area contributed by atoms with Crippen LogP contribution < -0.4 is 0 Å². The lowest BCUT2D eigenvalue weighted by Gasteiger charge is -2.18. The molecule has 0 rings (SSSR count). The van der Waals surface area contributed by atoms with Gasteiger partial charge in [-0.05, 0) is 89.9 Å². The van der Waals surface area contributed by atoms with Crippen LogP contribution in [0.25, 0.3) is 0 Å². The highest BCUT2D eigenvalue weighted by atomic mass is 16.6. The Hall–Kier alpha value is -3.93. The molecule has 0 fully saturated rings. The molecular weight excluding hydrogens is 841 g/mol. The van der Waals surface area contributed by atoms with Gasteiger partial charge >= 0.3 is 17.9 Å². The number of carbonyl (C=O) groups is 3. The monoisotopic (exact) mass is 943 g/mol. The minimum absolute atomic E-state index is 0.103. The van der Waals surface area contributed by atoms with E-state index in [0.717, 1.165) is 96.3 Å². The Kier molecular flexibility index (Phi) is 52.4. The van der Waals surface area contributed by atoms with E-state index in [1.807, 2.05) is 36.5 Å². The summed E-state index contributed by atoms with van der Waals surface area (Å²) in [5.41, 5.74) is 0. The Bertz CT molecular complexity index is 1410. The first-order chi connectivity index (χ1) is 33.5. The molecule has 0 amide bonds. The summed E-state index contributed by atoms with van der Waals surface area (Å²) in [5.74, 6) is -0.967. The van der Waals surface area contributed by atoms with Crippen molar-refractivity contribution in [3.8, 4) is 0 Å². The zero-order valence-electron chi connectivity index (χ0n) is 44.1. The molecule has 0 radical (unpaired) electrons. The molecule has 1 atom stereocenters. The summed E-state index contributed by atoms with van der Waals surface area (Å²) >= 11 is 0.